The largest absolute Gasteiger partial charge is 0.394 e. The lowest BCUT2D eigenvalue weighted by molar-refractivity contribution is 0.205. The second-order valence-electron chi connectivity index (χ2n) is 5.09. The van der Waals surface area contributed by atoms with Crippen molar-refractivity contribution in [2.45, 2.75) is 25.3 Å². The van der Waals surface area contributed by atoms with E-state index in [0.29, 0.717) is 0 Å². The minimum absolute atomic E-state index is 0.106. The van der Waals surface area contributed by atoms with E-state index in [2.05, 4.69) is 40.3 Å². The fourth-order valence-electron chi connectivity index (χ4n) is 2.29. The van der Waals surface area contributed by atoms with E-state index < -0.39 is 0 Å². The minimum Gasteiger partial charge on any atom is -0.394 e. The lowest BCUT2D eigenvalue weighted by Gasteiger charge is -2.33. The molecule has 106 valence electrons. The van der Waals surface area contributed by atoms with Crippen molar-refractivity contribution in [2.75, 3.05) is 11.9 Å². The number of halogens is 1. The molecule has 20 heavy (non-hydrogen) atoms. The Morgan fingerprint density at radius 1 is 1.05 bits per heavy atom. The molecule has 1 unspecified atom stereocenters. The van der Waals surface area contributed by atoms with Crippen LogP contribution in [0.4, 0.5) is 5.69 Å². The first kappa shape index (κ1) is 15.1. The highest BCUT2D eigenvalue weighted by Gasteiger charge is 2.27. The summed E-state index contributed by atoms with van der Waals surface area (Å²) in [6, 6.07) is 18.3. The maximum atomic E-state index is 9.88. The van der Waals surface area contributed by atoms with E-state index in [1.54, 1.807) is 0 Å². The quantitative estimate of drug-likeness (QED) is 0.828. The van der Waals surface area contributed by atoms with Gasteiger partial charge in [-0.2, -0.15) is 0 Å². The summed E-state index contributed by atoms with van der Waals surface area (Å²) in [6.45, 7) is 2.21. The third kappa shape index (κ3) is 3.84. The monoisotopic (exact) mass is 333 g/mol. The van der Waals surface area contributed by atoms with E-state index in [-0.39, 0.29) is 12.1 Å². The number of hydrogen-bond acceptors (Lipinski definition) is 2. The van der Waals surface area contributed by atoms with Gasteiger partial charge in [0.1, 0.15) is 0 Å². The number of nitrogens with one attached hydrogen (secondary N) is 1. The molecule has 0 aliphatic heterocycles. The Balaban J connectivity index is 2.18. The first-order valence-electron chi connectivity index (χ1n) is 6.86. The Labute approximate surface area is 129 Å². The number of aliphatic hydroxyl groups is 1. The highest BCUT2D eigenvalue weighted by atomic mass is 79.9. The molecular formula is C17H20BrNO. The summed E-state index contributed by atoms with van der Waals surface area (Å²) in [4.78, 5) is 0. The van der Waals surface area contributed by atoms with Gasteiger partial charge in [-0.3, -0.25) is 0 Å². The molecule has 3 heteroatoms. The highest BCUT2D eigenvalue weighted by Crippen LogP contribution is 2.24. The van der Waals surface area contributed by atoms with Crippen molar-refractivity contribution in [3.8, 4) is 0 Å². The minimum atomic E-state index is -0.324. The van der Waals surface area contributed by atoms with Gasteiger partial charge in [0.15, 0.2) is 0 Å². The van der Waals surface area contributed by atoms with E-state index in [1.807, 2.05) is 42.5 Å². The highest BCUT2D eigenvalue weighted by molar-refractivity contribution is 9.10. The Morgan fingerprint density at radius 2 is 1.70 bits per heavy atom. The maximum absolute atomic E-state index is 9.88. The third-order valence-electron chi connectivity index (χ3n) is 3.62. The van der Waals surface area contributed by atoms with E-state index >= 15 is 0 Å². The molecule has 0 aliphatic carbocycles. The Kier molecular flexibility index (Phi) is 5.21. The summed E-state index contributed by atoms with van der Waals surface area (Å²) < 4.78 is 1.05. The Hall–Kier alpha value is -1.32. The zero-order chi connectivity index (χ0) is 14.4. The molecular weight excluding hydrogens is 314 g/mol. The van der Waals surface area contributed by atoms with Gasteiger partial charge in [0.25, 0.3) is 0 Å². The van der Waals surface area contributed by atoms with Gasteiger partial charge in [0.05, 0.1) is 12.1 Å². The zero-order valence-corrected chi connectivity index (χ0v) is 13.2. The van der Waals surface area contributed by atoms with Crippen LogP contribution in [0.25, 0.3) is 0 Å². The van der Waals surface area contributed by atoms with Crippen molar-refractivity contribution in [1.29, 1.82) is 0 Å². The maximum Gasteiger partial charge on any atom is 0.0664 e. The molecule has 0 aromatic heterocycles. The summed E-state index contributed by atoms with van der Waals surface area (Å²) >= 11 is 3.44. The van der Waals surface area contributed by atoms with Gasteiger partial charge in [-0.05, 0) is 42.7 Å². The first-order chi connectivity index (χ1) is 9.67. The van der Waals surface area contributed by atoms with Gasteiger partial charge in [-0.25, -0.2) is 0 Å². The van der Waals surface area contributed by atoms with Gasteiger partial charge >= 0.3 is 0 Å². The second-order valence-corrected chi connectivity index (χ2v) is 6.00. The van der Waals surface area contributed by atoms with Crippen LogP contribution in [0.1, 0.15) is 18.9 Å². The summed E-state index contributed by atoms with van der Waals surface area (Å²) in [5.41, 5.74) is 1.93. The average molecular weight is 334 g/mol. The molecule has 2 N–H and O–H groups in total. The lowest BCUT2D eigenvalue weighted by atomic mass is 9.88. The Bertz CT molecular complexity index is 520. The standard InChI is InChI=1S/C17H20BrNO/c1-2-17(13-20,12-14-6-4-3-5-7-14)19-16-10-8-15(18)9-11-16/h3-11,19-20H,2,12-13H2,1H3. The number of hydrogen-bond donors (Lipinski definition) is 2. The molecule has 0 fully saturated rings. The molecule has 2 rings (SSSR count). The molecule has 2 nitrogen and oxygen atoms in total. The van der Waals surface area contributed by atoms with Crippen LogP contribution < -0.4 is 5.32 Å². The topological polar surface area (TPSA) is 32.3 Å². The molecule has 2 aromatic carbocycles. The van der Waals surface area contributed by atoms with E-state index in [9.17, 15) is 5.11 Å². The molecule has 2 aromatic rings. The lowest BCUT2D eigenvalue weighted by Crippen LogP contribution is -2.43. The van der Waals surface area contributed by atoms with Gasteiger partial charge in [0.2, 0.25) is 0 Å². The predicted molar refractivity (Wildman–Crippen MR) is 88.0 cm³/mol. The summed E-state index contributed by atoms with van der Waals surface area (Å²) in [5, 5.41) is 13.4. The van der Waals surface area contributed by atoms with Crippen LogP contribution in [-0.2, 0) is 6.42 Å². The summed E-state index contributed by atoms with van der Waals surface area (Å²) in [6.07, 6.45) is 1.66. The van der Waals surface area contributed by atoms with Gasteiger partial charge < -0.3 is 10.4 Å². The molecule has 0 radical (unpaired) electrons. The molecule has 0 heterocycles. The second kappa shape index (κ2) is 6.91. The van der Waals surface area contributed by atoms with Crippen LogP contribution in [0.15, 0.2) is 59.1 Å². The van der Waals surface area contributed by atoms with Crippen molar-refractivity contribution >= 4 is 21.6 Å². The van der Waals surface area contributed by atoms with Crippen molar-refractivity contribution < 1.29 is 5.11 Å². The predicted octanol–water partition coefficient (Wildman–Crippen LogP) is 4.24. The third-order valence-corrected chi connectivity index (χ3v) is 4.15. The number of benzene rings is 2. The van der Waals surface area contributed by atoms with Crippen molar-refractivity contribution in [1.82, 2.24) is 0 Å². The number of aliphatic hydroxyl groups excluding tert-OH is 1. The van der Waals surface area contributed by atoms with Gasteiger partial charge in [-0.15, -0.1) is 0 Å². The van der Waals surface area contributed by atoms with Crippen LogP contribution in [0, 0.1) is 0 Å². The van der Waals surface area contributed by atoms with Crippen LogP contribution in [-0.4, -0.2) is 17.3 Å². The van der Waals surface area contributed by atoms with Crippen LogP contribution in [0.3, 0.4) is 0 Å². The molecule has 0 spiro atoms. The number of rotatable bonds is 6. The molecule has 0 saturated carbocycles. The molecule has 0 amide bonds. The van der Waals surface area contributed by atoms with Crippen molar-refractivity contribution in [3.05, 3.63) is 64.6 Å². The molecule has 0 saturated heterocycles. The average Bonchev–Trinajstić information content (AvgIpc) is 2.50. The van der Waals surface area contributed by atoms with Crippen LogP contribution in [0.2, 0.25) is 0 Å². The van der Waals surface area contributed by atoms with Crippen molar-refractivity contribution in [2.24, 2.45) is 0 Å². The fraction of sp³-hybridized carbons (Fsp3) is 0.294. The summed E-state index contributed by atoms with van der Waals surface area (Å²) in [7, 11) is 0. The smallest absolute Gasteiger partial charge is 0.0664 e. The van der Waals surface area contributed by atoms with E-state index in [0.717, 1.165) is 23.0 Å². The van der Waals surface area contributed by atoms with Crippen molar-refractivity contribution in [3.63, 3.8) is 0 Å². The molecule has 0 aliphatic rings. The van der Waals surface area contributed by atoms with Crippen LogP contribution in [0.5, 0.6) is 0 Å². The van der Waals surface area contributed by atoms with Gasteiger partial charge in [-0.1, -0.05) is 53.2 Å². The first-order valence-corrected chi connectivity index (χ1v) is 7.65. The summed E-state index contributed by atoms with van der Waals surface area (Å²) in [5.74, 6) is 0. The van der Waals surface area contributed by atoms with E-state index in [4.69, 9.17) is 0 Å². The zero-order valence-electron chi connectivity index (χ0n) is 11.6. The van der Waals surface area contributed by atoms with E-state index in [1.165, 1.54) is 5.56 Å². The molecule has 0 bridgehead atoms. The number of anilines is 1. The fourth-order valence-corrected chi connectivity index (χ4v) is 2.56. The molecule has 1 atom stereocenters. The normalized spacial score (nSPS) is 13.8. The van der Waals surface area contributed by atoms with Crippen LogP contribution >= 0.6 is 15.9 Å². The van der Waals surface area contributed by atoms with Gasteiger partial charge in [0, 0.05) is 10.2 Å². The SMILES string of the molecule is CCC(CO)(Cc1ccccc1)Nc1ccc(Br)cc1. The Morgan fingerprint density at radius 3 is 2.25 bits per heavy atom.